The van der Waals surface area contributed by atoms with Gasteiger partial charge in [-0.1, -0.05) is 13.8 Å². The van der Waals surface area contributed by atoms with E-state index in [1.54, 1.807) is 18.2 Å². The molecule has 5 N–H and O–H groups in total. The van der Waals surface area contributed by atoms with Gasteiger partial charge in [0.25, 0.3) is 5.91 Å². The van der Waals surface area contributed by atoms with Crippen LogP contribution in [0, 0.1) is 0 Å². The molecule has 0 aliphatic carbocycles. The molecule has 0 spiro atoms. The fourth-order valence-corrected chi connectivity index (χ4v) is 2.19. The van der Waals surface area contributed by atoms with E-state index in [2.05, 4.69) is 15.5 Å². The van der Waals surface area contributed by atoms with Gasteiger partial charge in [-0.3, -0.25) is 9.89 Å². The highest BCUT2D eigenvalue weighted by molar-refractivity contribution is 6.05. The van der Waals surface area contributed by atoms with Gasteiger partial charge in [-0.05, 0) is 31.0 Å². The number of amides is 1. The molecule has 0 radical (unpaired) electrons. The van der Waals surface area contributed by atoms with E-state index in [-0.39, 0.29) is 12.5 Å². The van der Waals surface area contributed by atoms with Crippen molar-refractivity contribution in [3.63, 3.8) is 0 Å². The number of rotatable bonds is 5. The Hall–Kier alpha value is -2.08. The van der Waals surface area contributed by atoms with Crippen molar-refractivity contribution in [3.05, 3.63) is 23.9 Å². The Morgan fingerprint density at radius 2 is 2.15 bits per heavy atom. The zero-order valence-corrected chi connectivity index (χ0v) is 11.7. The zero-order chi connectivity index (χ0) is 14.8. The van der Waals surface area contributed by atoms with Gasteiger partial charge in [0, 0.05) is 11.1 Å². The van der Waals surface area contributed by atoms with E-state index in [9.17, 15) is 9.90 Å². The molecule has 6 nitrogen and oxygen atoms in total. The zero-order valence-electron chi connectivity index (χ0n) is 11.7. The summed E-state index contributed by atoms with van der Waals surface area (Å²) >= 11 is 0. The quantitative estimate of drug-likeness (QED) is 0.620. The molecule has 1 aromatic carbocycles. The molecule has 20 heavy (non-hydrogen) atoms. The van der Waals surface area contributed by atoms with Crippen LogP contribution in [0.25, 0.3) is 10.9 Å². The number of anilines is 1. The second-order valence-corrected chi connectivity index (χ2v) is 4.98. The first-order valence-corrected chi connectivity index (χ1v) is 6.72. The van der Waals surface area contributed by atoms with Crippen LogP contribution < -0.4 is 11.1 Å². The number of aromatic nitrogens is 2. The lowest BCUT2D eigenvalue weighted by atomic mass is 9.93. The Kier molecular flexibility index (Phi) is 3.94. The fraction of sp³-hybridized carbons (Fsp3) is 0.429. The van der Waals surface area contributed by atoms with Crippen LogP contribution >= 0.6 is 0 Å². The minimum atomic E-state index is -0.608. The predicted molar refractivity (Wildman–Crippen MR) is 78.4 cm³/mol. The van der Waals surface area contributed by atoms with Crippen molar-refractivity contribution in [1.82, 2.24) is 15.5 Å². The van der Waals surface area contributed by atoms with Crippen LogP contribution in [0.3, 0.4) is 0 Å². The minimum Gasteiger partial charge on any atom is -0.399 e. The van der Waals surface area contributed by atoms with Crippen molar-refractivity contribution >= 4 is 22.5 Å². The normalized spacial score (nSPS) is 11.8. The number of benzene rings is 1. The summed E-state index contributed by atoms with van der Waals surface area (Å²) in [6.07, 6.45) is 1.30. The summed E-state index contributed by atoms with van der Waals surface area (Å²) in [6.45, 7) is 3.76. The van der Waals surface area contributed by atoms with Crippen molar-refractivity contribution in [3.8, 4) is 0 Å². The molecular weight excluding hydrogens is 256 g/mol. The molecule has 0 fully saturated rings. The number of hydrogen-bond donors (Lipinski definition) is 4. The van der Waals surface area contributed by atoms with Crippen molar-refractivity contribution < 1.29 is 9.90 Å². The van der Waals surface area contributed by atoms with Gasteiger partial charge in [0.2, 0.25) is 0 Å². The van der Waals surface area contributed by atoms with Crippen LogP contribution in [-0.4, -0.2) is 33.4 Å². The molecular formula is C14H20N4O2. The second kappa shape index (κ2) is 5.50. The average Bonchev–Trinajstić information content (AvgIpc) is 2.88. The topological polar surface area (TPSA) is 104 Å². The third-order valence-corrected chi connectivity index (χ3v) is 3.84. The Balaban J connectivity index is 2.34. The van der Waals surface area contributed by atoms with Gasteiger partial charge in [0.1, 0.15) is 0 Å². The number of fused-ring (bicyclic) bond motifs is 1. The predicted octanol–water partition coefficient (Wildman–Crippen LogP) is 1.43. The van der Waals surface area contributed by atoms with Crippen LogP contribution in [0.5, 0.6) is 0 Å². The summed E-state index contributed by atoms with van der Waals surface area (Å²) in [4.78, 5) is 12.4. The third-order valence-electron chi connectivity index (χ3n) is 3.84. The summed E-state index contributed by atoms with van der Waals surface area (Å²) in [6, 6.07) is 5.25. The molecule has 0 atom stereocenters. The summed E-state index contributed by atoms with van der Waals surface area (Å²) in [7, 11) is 0. The molecule has 0 saturated heterocycles. The van der Waals surface area contributed by atoms with Crippen LogP contribution in [0.15, 0.2) is 18.2 Å². The highest BCUT2D eigenvalue weighted by atomic mass is 16.3. The Labute approximate surface area is 117 Å². The monoisotopic (exact) mass is 276 g/mol. The minimum absolute atomic E-state index is 0.101. The van der Waals surface area contributed by atoms with Gasteiger partial charge >= 0.3 is 0 Å². The van der Waals surface area contributed by atoms with Crippen LogP contribution in [0.2, 0.25) is 0 Å². The van der Waals surface area contributed by atoms with E-state index in [0.29, 0.717) is 29.6 Å². The Morgan fingerprint density at radius 3 is 2.75 bits per heavy atom. The molecule has 0 unspecified atom stereocenters. The first kappa shape index (κ1) is 14.3. The van der Waals surface area contributed by atoms with Crippen LogP contribution in [0.1, 0.15) is 37.2 Å². The number of aromatic amines is 1. The highest BCUT2D eigenvalue weighted by Crippen LogP contribution is 2.21. The van der Waals surface area contributed by atoms with E-state index in [0.717, 1.165) is 5.52 Å². The molecule has 2 rings (SSSR count). The Bertz CT molecular complexity index is 608. The molecule has 2 aromatic rings. The first-order chi connectivity index (χ1) is 9.55. The molecule has 0 aliphatic heterocycles. The molecule has 0 bridgehead atoms. The number of aliphatic hydroxyl groups is 1. The Morgan fingerprint density at radius 1 is 1.45 bits per heavy atom. The van der Waals surface area contributed by atoms with Crippen molar-refractivity contribution in [2.75, 3.05) is 12.3 Å². The van der Waals surface area contributed by atoms with E-state index >= 15 is 0 Å². The van der Waals surface area contributed by atoms with Gasteiger partial charge in [-0.25, -0.2) is 0 Å². The van der Waals surface area contributed by atoms with E-state index in [4.69, 9.17) is 5.73 Å². The lowest BCUT2D eigenvalue weighted by molar-refractivity contribution is 0.0814. The largest absolute Gasteiger partial charge is 0.399 e. The highest BCUT2D eigenvalue weighted by Gasteiger charge is 2.29. The number of carbonyl (C=O) groups is 1. The van der Waals surface area contributed by atoms with Crippen LogP contribution in [0.4, 0.5) is 5.69 Å². The lowest BCUT2D eigenvalue weighted by Crippen LogP contribution is -2.50. The standard InChI is InChI=1S/C14H20N4O2/c1-3-14(4-2,8-19)16-13(20)12-10-7-9(15)5-6-11(10)17-18-12/h5-7,19H,3-4,8,15H2,1-2H3,(H,16,20)(H,17,18). The van der Waals surface area contributed by atoms with Crippen LogP contribution in [-0.2, 0) is 0 Å². The number of nitrogens with zero attached hydrogens (tertiary/aromatic N) is 1. The molecule has 1 heterocycles. The lowest BCUT2D eigenvalue weighted by Gasteiger charge is -2.30. The molecule has 108 valence electrons. The maximum atomic E-state index is 12.4. The van der Waals surface area contributed by atoms with Gasteiger partial charge in [-0.2, -0.15) is 5.10 Å². The number of H-pyrrole nitrogens is 1. The summed E-state index contributed by atoms with van der Waals surface area (Å²) in [5, 5.41) is 19.9. The van der Waals surface area contributed by atoms with Crippen molar-refractivity contribution in [1.29, 1.82) is 0 Å². The number of nitrogens with one attached hydrogen (secondary N) is 2. The average molecular weight is 276 g/mol. The van der Waals surface area contributed by atoms with E-state index < -0.39 is 5.54 Å². The molecule has 0 saturated carbocycles. The summed E-state index contributed by atoms with van der Waals surface area (Å²) < 4.78 is 0. The first-order valence-electron chi connectivity index (χ1n) is 6.72. The smallest absolute Gasteiger partial charge is 0.272 e. The third kappa shape index (κ3) is 2.46. The summed E-state index contributed by atoms with van der Waals surface area (Å²) in [5.41, 5.74) is 6.77. The van der Waals surface area contributed by atoms with Crippen molar-refractivity contribution in [2.45, 2.75) is 32.2 Å². The summed E-state index contributed by atoms with van der Waals surface area (Å²) in [5.74, 6) is -0.306. The van der Waals surface area contributed by atoms with E-state index in [1.807, 2.05) is 13.8 Å². The second-order valence-electron chi connectivity index (χ2n) is 4.98. The number of nitrogen functional groups attached to an aromatic ring is 1. The van der Waals surface area contributed by atoms with Crippen molar-refractivity contribution in [2.24, 2.45) is 0 Å². The van der Waals surface area contributed by atoms with Gasteiger partial charge in [0.15, 0.2) is 5.69 Å². The van der Waals surface area contributed by atoms with Gasteiger partial charge in [0.05, 0.1) is 17.7 Å². The maximum absolute atomic E-state index is 12.4. The molecule has 6 heteroatoms. The van der Waals surface area contributed by atoms with E-state index in [1.165, 1.54) is 0 Å². The number of nitrogens with two attached hydrogens (primary N) is 1. The number of aliphatic hydroxyl groups excluding tert-OH is 1. The fourth-order valence-electron chi connectivity index (χ4n) is 2.19. The van der Waals surface area contributed by atoms with Gasteiger partial charge < -0.3 is 16.2 Å². The maximum Gasteiger partial charge on any atom is 0.272 e. The number of carbonyl (C=O) groups excluding carboxylic acids is 1. The molecule has 1 amide bonds. The SMILES string of the molecule is CCC(CC)(CO)NC(=O)c1n[nH]c2ccc(N)cc12. The molecule has 0 aliphatic rings. The van der Waals surface area contributed by atoms with Gasteiger partial charge in [-0.15, -0.1) is 0 Å². The molecule has 1 aromatic heterocycles. The number of hydrogen-bond acceptors (Lipinski definition) is 4.